The molecule has 0 fully saturated rings. The molecule has 0 aromatic heterocycles. The predicted molar refractivity (Wildman–Crippen MR) is 78.3 cm³/mol. The topological polar surface area (TPSA) is 12.4 Å². The lowest BCUT2D eigenvalue weighted by Crippen LogP contribution is -1.82. The number of thiol groups is 1. The molecule has 0 saturated carbocycles. The van der Waals surface area contributed by atoms with Gasteiger partial charge >= 0.3 is 0 Å². The van der Waals surface area contributed by atoms with Crippen molar-refractivity contribution in [1.29, 1.82) is 0 Å². The molecule has 0 atom stereocenters. The maximum atomic E-state index is 4.27. The molecule has 15 heavy (non-hydrogen) atoms. The molecule has 0 aliphatic rings. The Kier molecular flexibility index (Phi) is 21.8. The third kappa shape index (κ3) is 24.8. The number of aliphatic imine (C=N–C) groups is 1. The van der Waals surface area contributed by atoms with Gasteiger partial charge in [0.2, 0.25) is 0 Å². The molecule has 0 rings (SSSR count). The Morgan fingerprint density at radius 1 is 0.867 bits per heavy atom. The summed E-state index contributed by atoms with van der Waals surface area (Å²) in [6, 6.07) is 0. The van der Waals surface area contributed by atoms with E-state index in [1.165, 1.54) is 18.4 Å². The molecule has 0 aromatic rings. The Bertz CT molecular complexity index is 171. The van der Waals surface area contributed by atoms with Gasteiger partial charge in [-0.2, -0.15) is 12.6 Å². The minimum absolute atomic E-state index is 1.12. The van der Waals surface area contributed by atoms with E-state index in [1.54, 1.807) is 6.26 Å². The SMILES string of the molecule is CC(C)=NC(C)=C(C)C.CCCC.CS. The van der Waals surface area contributed by atoms with Crippen molar-refractivity contribution in [2.45, 2.75) is 61.3 Å². The summed E-state index contributed by atoms with van der Waals surface area (Å²) < 4.78 is 0. The van der Waals surface area contributed by atoms with Crippen molar-refractivity contribution < 1.29 is 0 Å². The van der Waals surface area contributed by atoms with Crippen molar-refractivity contribution in [2.24, 2.45) is 4.99 Å². The van der Waals surface area contributed by atoms with E-state index in [9.17, 15) is 0 Å². The van der Waals surface area contributed by atoms with Crippen LogP contribution < -0.4 is 0 Å². The molecule has 0 radical (unpaired) electrons. The number of hydrogen-bond acceptors (Lipinski definition) is 2. The fraction of sp³-hybridized carbons (Fsp3) is 0.769. The van der Waals surface area contributed by atoms with Crippen LogP contribution in [-0.2, 0) is 0 Å². The van der Waals surface area contributed by atoms with Crippen LogP contribution in [0, 0.1) is 0 Å². The van der Waals surface area contributed by atoms with Crippen LogP contribution in [0.5, 0.6) is 0 Å². The second-order valence-electron chi connectivity index (χ2n) is 3.64. The van der Waals surface area contributed by atoms with E-state index in [-0.39, 0.29) is 0 Å². The van der Waals surface area contributed by atoms with Crippen LogP contribution >= 0.6 is 12.6 Å². The molecule has 0 aliphatic heterocycles. The predicted octanol–water partition coefficient (Wildman–Crippen LogP) is 5.13. The number of unbranched alkanes of at least 4 members (excludes halogenated alkanes) is 1. The first kappa shape index (κ1) is 20.2. The van der Waals surface area contributed by atoms with Crippen molar-refractivity contribution in [2.75, 3.05) is 6.26 Å². The van der Waals surface area contributed by atoms with E-state index in [4.69, 9.17) is 0 Å². The van der Waals surface area contributed by atoms with Crippen LogP contribution in [0.2, 0.25) is 0 Å². The van der Waals surface area contributed by atoms with Gasteiger partial charge in [-0.3, -0.25) is 4.99 Å². The van der Waals surface area contributed by atoms with Gasteiger partial charge in [0, 0.05) is 11.4 Å². The van der Waals surface area contributed by atoms with Crippen molar-refractivity contribution in [1.82, 2.24) is 0 Å². The Balaban J connectivity index is -0.000000202. The monoisotopic (exact) mass is 231 g/mol. The number of allylic oxidation sites excluding steroid dienone is 2. The Hall–Kier alpha value is -0.240. The average Bonchev–Trinajstić information content (AvgIpc) is 2.20. The fourth-order valence-corrected chi connectivity index (χ4v) is 0.447. The van der Waals surface area contributed by atoms with Gasteiger partial charge < -0.3 is 0 Å². The molecular formula is C13H29NS. The second kappa shape index (κ2) is 16.2. The zero-order chi connectivity index (χ0) is 12.9. The van der Waals surface area contributed by atoms with E-state index in [2.05, 4.69) is 45.3 Å². The first-order valence-electron chi connectivity index (χ1n) is 5.56. The van der Waals surface area contributed by atoms with Crippen LogP contribution in [0.4, 0.5) is 0 Å². The highest BCUT2D eigenvalue weighted by molar-refractivity contribution is 7.79. The molecule has 0 N–H and O–H groups in total. The minimum atomic E-state index is 1.12. The smallest absolute Gasteiger partial charge is 0.0358 e. The van der Waals surface area contributed by atoms with Crippen molar-refractivity contribution >= 4 is 18.3 Å². The highest BCUT2D eigenvalue weighted by Crippen LogP contribution is 2.02. The third-order valence-electron chi connectivity index (χ3n) is 1.61. The normalized spacial score (nSPS) is 7.53. The number of hydrogen-bond donors (Lipinski definition) is 1. The summed E-state index contributed by atoms with van der Waals surface area (Å²) >= 11 is 3.53. The molecular weight excluding hydrogens is 202 g/mol. The van der Waals surface area contributed by atoms with Crippen molar-refractivity contribution in [3.8, 4) is 0 Å². The second-order valence-corrected chi connectivity index (χ2v) is 3.64. The molecule has 0 unspecified atom stereocenters. The van der Waals surface area contributed by atoms with Crippen molar-refractivity contribution in [3.05, 3.63) is 11.3 Å². The molecule has 0 amide bonds. The lowest BCUT2D eigenvalue weighted by Gasteiger charge is -1.95. The van der Waals surface area contributed by atoms with Gasteiger partial charge in [-0.25, -0.2) is 0 Å². The fourth-order valence-electron chi connectivity index (χ4n) is 0.447. The molecule has 0 heterocycles. The zero-order valence-corrected chi connectivity index (χ0v) is 12.7. The van der Waals surface area contributed by atoms with E-state index in [0.29, 0.717) is 0 Å². The molecule has 1 nitrogen and oxygen atoms in total. The number of rotatable bonds is 2. The highest BCUT2D eigenvalue weighted by atomic mass is 32.1. The molecule has 0 aliphatic carbocycles. The summed E-state index contributed by atoms with van der Waals surface area (Å²) in [5.41, 5.74) is 3.54. The first-order valence-corrected chi connectivity index (χ1v) is 6.45. The van der Waals surface area contributed by atoms with Gasteiger partial charge in [0.05, 0.1) is 0 Å². The van der Waals surface area contributed by atoms with E-state index >= 15 is 0 Å². The average molecular weight is 231 g/mol. The van der Waals surface area contributed by atoms with Gasteiger partial charge in [-0.05, 0) is 40.9 Å². The molecule has 2 heteroatoms. The van der Waals surface area contributed by atoms with Crippen LogP contribution in [0.3, 0.4) is 0 Å². The van der Waals surface area contributed by atoms with Crippen LogP contribution in [0.15, 0.2) is 16.3 Å². The number of nitrogens with zero attached hydrogens (tertiary/aromatic N) is 1. The summed E-state index contributed by atoms with van der Waals surface area (Å²) in [5.74, 6) is 0. The molecule has 0 aromatic carbocycles. The quantitative estimate of drug-likeness (QED) is 0.499. The van der Waals surface area contributed by atoms with E-state index in [0.717, 1.165) is 11.4 Å². The Morgan fingerprint density at radius 3 is 1.27 bits per heavy atom. The van der Waals surface area contributed by atoms with E-state index in [1.807, 2.05) is 20.8 Å². The van der Waals surface area contributed by atoms with Crippen LogP contribution in [0.1, 0.15) is 61.3 Å². The first-order chi connectivity index (χ1) is 6.95. The van der Waals surface area contributed by atoms with Crippen LogP contribution in [-0.4, -0.2) is 12.0 Å². The lowest BCUT2D eigenvalue weighted by molar-refractivity contribution is 0.886. The van der Waals surface area contributed by atoms with Gasteiger partial charge in [0.15, 0.2) is 0 Å². The summed E-state index contributed by atoms with van der Waals surface area (Å²) in [6.45, 7) is 14.5. The lowest BCUT2D eigenvalue weighted by atomic mass is 10.3. The standard InChI is InChI=1S/C8H15N.C4H10.CH4S/c1-6(2)8(5)9-7(3)4;1-3-4-2;1-2/h1-5H3;3-4H2,1-2H3;2H,1H3. The molecule has 0 spiro atoms. The van der Waals surface area contributed by atoms with Gasteiger partial charge in [-0.15, -0.1) is 0 Å². The zero-order valence-electron chi connectivity index (χ0n) is 11.8. The van der Waals surface area contributed by atoms with Gasteiger partial charge in [-0.1, -0.05) is 32.3 Å². The van der Waals surface area contributed by atoms with Gasteiger partial charge in [0.25, 0.3) is 0 Å². The van der Waals surface area contributed by atoms with Gasteiger partial charge in [0.1, 0.15) is 0 Å². The Labute approximate surface area is 102 Å². The maximum Gasteiger partial charge on any atom is 0.0358 e. The largest absolute Gasteiger partial charge is 0.263 e. The minimum Gasteiger partial charge on any atom is -0.263 e. The third-order valence-corrected chi connectivity index (χ3v) is 1.61. The highest BCUT2D eigenvalue weighted by Gasteiger charge is 1.85. The van der Waals surface area contributed by atoms with E-state index < -0.39 is 0 Å². The summed E-state index contributed by atoms with van der Waals surface area (Å²) in [4.78, 5) is 4.27. The molecule has 0 saturated heterocycles. The Morgan fingerprint density at radius 2 is 1.20 bits per heavy atom. The summed E-state index contributed by atoms with van der Waals surface area (Å²) in [7, 11) is 0. The maximum absolute atomic E-state index is 4.27. The summed E-state index contributed by atoms with van der Waals surface area (Å²) in [6.07, 6.45) is 4.33. The summed E-state index contributed by atoms with van der Waals surface area (Å²) in [5, 5.41) is 0. The molecule has 92 valence electrons. The molecule has 0 bridgehead atoms. The van der Waals surface area contributed by atoms with Crippen molar-refractivity contribution in [3.63, 3.8) is 0 Å². The van der Waals surface area contributed by atoms with Crippen LogP contribution in [0.25, 0.3) is 0 Å².